The first-order chi connectivity index (χ1) is 12.7. The molecule has 1 aromatic heterocycles. The van der Waals surface area contributed by atoms with Crippen molar-refractivity contribution in [3.05, 3.63) is 76.6 Å². The average molecular weight is 369 g/mol. The molecule has 1 fully saturated rings. The smallest absolute Gasteiger partial charge is 0.177 e. The highest BCUT2D eigenvalue weighted by Crippen LogP contribution is 2.31. The first kappa shape index (κ1) is 17.1. The van der Waals surface area contributed by atoms with E-state index < -0.39 is 0 Å². The first-order valence-corrected chi connectivity index (χ1v) is 9.22. The van der Waals surface area contributed by atoms with Crippen LogP contribution in [0.4, 0.5) is 5.69 Å². The molecule has 0 N–H and O–H groups in total. The van der Waals surface area contributed by atoms with Crippen LogP contribution in [0.5, 0.6) is 0 Å². The Morgan fingerprint density at radius 1 is 1.08 bits per heavy atom. The van der Waals surface area contributed by atoms with Gasteiger partial charge in [0.15, 0.2) is 6.23 Å². The number of nitrogens with zero attached hydrogens (tertiary/aromatic N) is 4. The largest absolute Gasteiger partial charge is 0.350 e. The van der Waals surface area contributed by atoms with Crippen molar-refractivity contribution in [1.82, 2.24) is 15.0 Å². The molecule has 3 aromatic rings. The molecule has 26 heavy (non-hydrogen) atoms. The maximum absolute atomic E-state index is 5.94. The average Bonchev–Trinajstić information content (AvgIpc) is 3.33. The lowest BCUT2D eigenvalue weighted by Gasteiger charge is -2.23. The van der Waals surface area contributed by atoms with Crippen molar-refractivity contribution in [1.29, 1.82) is 0 Å². The summed E-state index contributed by atoms with van der Waals surface area (Å²) >= 11 is 5.94. The second-order valence-electron chi connectivity index (χ2n) is 6.40. The second kappa shape index (κ2) is 7.48. The van der Waals surface area contributed by atoms with Crippen LogP contribution in [0.1, 0.15) is 30.0 Å². The minimum Gasteiger partial charge on any atom is -0.350 e. The fourth-order valence-corrected chi connectivity index (χ4v) is 3.31. The van der Waals surface area contributed by atoms with Crippen molar-refractivity contribution in [2.45, 2.75) is 26.1 Å². The van der Waals surface area contributed by atoms with Gasteiger partial charge in [-0.05, 0) is 41.8 Å². The fraction of sp³-hybridized carbons (Fsp3) is 0.300. The van der Waals surface area contributed by atoms with E-state index in [-0.39, 0.29) is 6.23 Å². The van der Waals surface area contributed by atoms with E-state index in [0.29, 0.717) is 13.2 Å². The van der Waals surface area contributed by atoms with Crippen LogP contribution in [0, 0.1) is 0 Å². The van der Waals surface area contributed by atoms with Gasteiger partial charge in [-0.3, -0.25) is 0 Å². The lowest BCUT2D eigenvalue weighted by Crippen LogP contribution is -2.23. The predicted octanol–water partition coefficient (Wildman–Crippen LogP) is 4.08. The van der Waals surface area contributed by atoms with E-state index in [4.69, 9.17) is 16.3 Å². The predicted molar refractivity (Wildman–Crippen MR) is 102 cm³/mol. The van der Waals surface area contributed by atoms with Gasteiger partial charge in [0.2, 0.25) is 0 Å². The third kappa shape index (κ3) is 3.59. The van der Waals surface area contributed by atoms with E-state index in [9.17, 15) is 0 Å². The van der Waals surface area contributed by atoms with Crippen molar-refractivity contribution in [3.8, 4) is 0 Å². The monoisotopic (exact) mass is 368 g/mol. The van der Waals surface area contributed by atoms with Crippen molar-refractivity contribution >= 4 is 17.3 Å². The molecule has 0 bridgehead atoms. The third-order valence-corrected chi connectivity index (χ3v) is 4.89. The van der Waals surface area contributed by atoms with E-state index in [1.165, 1.54) is 5.56 Å². The van der Waals surface area contributed by atoms with Gasteiger partial charge in [0, 0.05) is 17.3 Å². The Morgan fingerprint density at radius 3 is 2.54 bits per heavy atom. The molecule has 0 aliphatic carbocycles. The first-order valence-electron chi connectivity index (χ1n) is 8.84. The summed E-state index contributed by atoms with van der Waals surface area (Å²) in [6.45, 7) is 4.35. The standard InChI is InChI=1S/C20H21ClN4O/c1-2-15-5-9-18(10-6-15)25-11-12-26-20(25)19-14-24(23-22-19)13-16-3-7-17(21)8-4-16/h3-10,14,20H,2,11-13H2,1H3/t20-/m0/s1. The van der Waals surface area contributed by atoms with E-state index in [2.05, 4.69) is 46.4 Å². The van der Waals surface area contributed by atoms with Crippen LogP contribution in [0.2, 0.25) is 5.02 Å². The molecule has 2 aromatic carbocycles. The molecule has 1 saturated heterocycles. The Labute approximate surface area is 158 Å². The van der Waals surface area contributed by atoms with Crippen LogP contribution < -0.4 is 4.90 Å². The Balaban J connectivity index is 1.51. The molecule has 6 heteroatoms. The number of hydrogen-bond donors (Lipinski definition) is 0. The number of aromatic nitrogens is 3. The lowest BCUT2D eigenvalue weighted by molar-refractivity contribution is 0.110. The molecule has 4 rings (SSSR count). The molecule has 0 amide bonds. The molecular weight excluding hydrogens is 348 g/mol. The quantitative estimate of drug-likeness (QED) is 0.680. The number of aryl methyl sites for hydroxylation is 1. The maximum atomic E-state index is 5.94. The summed E-state index contributed by atoms with van der Waals surface area (Å²) in [5, 5.41) is 9.34. The minimum absolute atomic E-state index is 0.193. The Morgan fingerprint density at radius 2 is 1.81 bits per heavy atom. The molecular formula is C20H21ClN4O. The van der Waals surface area contributed by atoms with Gasteiger partial charge >= 0.3 is 0 Å². The van der Waals surface area contributed by atoms with Crippen LogP contribution in [0.25, 0.3) is 0 Å². The second-order valence-corrected chi connectivity index (χ2v) is 6.84. The zero-order valence-corrected chi connectivity index (χ0v) is 15.4. The molecule has 0 unspecified atom stereocenters. The molecule has 5 nitrogen and oxygen atoms in total. The summed E-state index contributed by atoms with van der Waals surface area (Å²) in [6, 6.07) is 16.4. The molecule has 2 heterocycles. The lowest BCUT2D eigenvalue weighted by atomic mass is 10.1. The topological polar surface area (TPSA) is 43.2 Å². The van der Waals surface area contributed by atoms with Crippen LogP contribution in [-0.4, -0.2) is 28.1 Å². The number of halogens is 1. The number of rotatable bonds is 5. The van der Waals surface area contributed by atoms with E-state index >= 15 is 0 Å². The third-order valence-electron chi connectivity index (χ3n) is 4.63. The maximum Gasteiger partial charge on any atom is 0.177 e. The molecule has 0 saturated carbocycles. The summed E-state index contributed by atoms with van der Waals surface area (Å²) in [7, 11) is 0. The minimum atomic E-state index is -0.193. The number of hydrogen-bond acceptors (Lipinski definition) is 4. The van der Waals surface area contributed by atoms with Crippen molar-refractivity contribution < 1.29 is 4.74 Å². The van der Waals surface area contributed by atoms with Gasteiger partial charge in [-0.2, -0.15) is 0 Å². The summed E-state index contributed by atoms with van der Waals surface area (Å²) in [5.74, 6) is 0. The van der Waals surface area contributed by atoms with Gasteiger partial charge < -0.3 is 9.64 Å². The van der Waals surface area contributed by atoms with Gasteiger partial charge in [-0.25, -0.2) is 4.68 Å². The zero-order chi connectivity index (χ0) is 17.9. The zero-order valence-electron chi connectivity index (χ0n) is 14.7. The van der Waals surface area contributed by atoms with E-state index in [1.54, 1.807) is 0 Å². The van der Waals surface area contributed by atoms with Crippen molar-refractivity contribution in [2.75, 3.05) is 18.1 Å². The van der Waals surface area contributed by atoms with Gasteiger partial charge in [-0.15, -0.1) is 5.10 Å². The van der Waals surface area contributed by atoms with Gasteiger partial charge in [-0.1, -0.05) is 48.0 Å². The van der Waals surface area contributed by atoms with Crippen LogP contribution >= 0.6 is 11.6 Å². The molecule has 1 atom stereocenters. The molecule has 1 aliphatic rings. The highest BCUT2D eigenvalue weighted by atomic mass is 35.5. The number of benzene rings is 2. The van der Waals surface area contributed by atoms with Gasteiger partial charge in [0.25, 0.3) is 0 Å². The van der Waals surface area contributed by atoms with E-state index in [1.807, 2.05) is 35.1 Å². The highest BCUT2D eigenvalue weighted by Gasteiger charge is 2.29. The van der Waals surface area contributed by atoms with Crippen LogP contribution in [0.3, 0.4) is 0 Å². The normalized spacial score (nSPS) is 17.0. The highest BCUT2D eigenvalue weighted by molar-refractivity contribution is 6.30. The summed E-state index contributed by atoms with van der Waals surface area (Å²) in [4.78, 5) is 2.23. The molecule has 134 valence electrons. The Bertz CT molecular complexity index is 860. The summed E-state index contributed by atoms with van der Waals surface area (Å²) in [6.07, 6.45) is 2.80. The van der Waals surface area contributed by atoms with Crippen LogP contribution in [-0.2, 0) is 17.7 Å². The fourth-order valence-electron chi connectivity index (χ4n) is 3.18. The molecule has 0 radical (unpaired) electrons. The van der Waals surface area contributed by atoms with Crippen molar-refractivity contribution in [3.63, 3.8) is 0 Å². The van der Waals surface area contributed by atoms with E-state index in [0.717, 1.165) is 34.9 Å². The van der Waals surface area contributed by atoms with Gasteiger partial charge in [0.1, 0.15) is 5.69 Å². The number of ether oxygens (including phenoxy) is 1. The Hall–Kier alpha value is -2.37. The number of anilines is 1. The van der Waals surface area contributed by atoms with Crippen molar-refractivity contribution in [2.24, 2.45) is 0 Å². The molecule has 0 spiro atoms. The molecule has 1 aliphatic heterocycles. The van der Waals surface area contributed by atoms with Crippen LogP contribution in [0.15, 0.2) is 54.7 Å². The Kier molecular flexibility index (Phi) is 4.91. The summed E-state index contributed by atoms with van der Waals surface area (Å²) in [5.41, 5.74) is 4.44. The van der Waals surface area contributed by atoms with Gasteiger partial charge in [0.05, 0.1) is 19.3 Å². The SMILES string of the molecule is CCc1ccc(N2CCO[C@H]2c2cn(Cc3ccc(Cl)cc3)nn2)cc1. The summed E-state index contributed by atoms with van der Waals surface area (Å²) < 4.78 is 7.77.